The third-order valence-corrected chi connectivity index (χ3v) is 4.80. The van der Waals surface area contributed by atoms with Crippen LogP contribution in [0.5, 0.6) is 23.0 Å². The monoisotopic (exact) mass is 439 g/mol. The van der Waals surface area contributed by atoms with Gasteiger partial charge in [-0.1, -0.05) is 18.2 Å². The predicted molar refractivity (Wildman–Crippen MR) is 119 cm³/mol. The summed E-state index contributed by atoms with van der Waals surface area (Å²) in [5.41, 5.74) is 0.812. The molecule has 0 saturated heterocycles. The molecule has 6 nitrogen and oxygen atoms in total. The number of aliphatic carboxylic acids is 1. The number of benzene rings is 3. The van der Waals surface area contributed by atoms with Crippen molar-refractivity contribution in [1.29, 1.82) is 0 Å². The van der Waals surface area contributed by atoms with E-state index in [1.807, 2.05) is 18.2 Å². The van der Waals surface area contributed by atoms with E-state index in [-0.39, 0.29) is 18.5 Å². The van der Waals surface area contributed by atoms with Gasteiger partial charge in [0.25, 0.3) is 0 Å². The summed E-state index contributed by atoms with van der Waals surface area (Å²) in [6.45, 7) is 0.442. The summed E-state index contributed by atoms with van der Waals surface area (Å²) in [7, 11) is 3.34. The van der Waals surface area contributed by atoms with Crippen LogP contribution in [0.3, 0.4) is 0 Å². The van der Waals surface area contributed by atoms with Crippen molar-refractivity contribution in [2.45, 2.75) is 12.5 Å². The van der Waals surface area contributed by atoms with Gasteiger partial charge in [-0.05, 0) is 61.1 Å². The van der Waals surface area contributed by atoms with Gasteiger partial charge in [-0.25, -0.2) is 4.39 Å². The number of rotatable bonds is 11. The second-order valence-corrected chi connectivity index (χ2v) is 7.33. The molecule has 168 valence electrons. The molecule has 32 heavy (non-hydrogen) atoms. The van der Waals surface area contributed by atoms with Gasteiger partial charge in [0.15, 0.2) is 0 Å². The minimum Gasteiger partial charge on any atom is -0.497 e. The first kappa shape index (κ1) is 23.1. The highest BCUT2D eigenvalue weighted by molar-refractivity contribution is 5.69. The molecule has 0 radical (unpaired) electrons. The maximum atomic E-state index is 13.4. The van der Waals surface area contributed by atoms with E-state index in [9.17, 15) is 9.18 Å². The quantitative estimate of drug-likeness (QED) is 0.446. The van der Waals surface area contributed by atoms with Crippen molar-refractivity contribution in [3.63, 3.8) is 0 Å². The molecule has 3 rings (SSSR count). The number of carbonyl (C=O) groups is 1. The van der Waals surface area contributed by atoms with Crippen molar-refractivity contribution in [3.8, 4) is 23.0 Å². The van der Waals surface area contributed by atoms with Crippen molar-refractivity contribution in [1.82, 2.24) is 4.90 Å². The van der Waals surface area contributed by atoms with E-state index in [0.29, 0.717) is 36.0 Å². The number of ether oxygens (including phenoxy) is 3. The van der Waals surface area contributed by atoms with Crippen LogP contribution in [0.25, 0.3) is 0 Å². The Balaban J connectivity index is 1.69. The lowest BCUT2D eigenvalue weighted by Crippen LogP contribution is -2.28. The van der Waals surface area contributed by atoms with Gasteiger partial charge < -0.3 is 19.3 Å². The van der Waals surface area contributed by atoms with Gasteiger partial charge in [0.2, 0.25) is 0 Å². The highest BCUT2D eigenvalue weighted by atomic mass is 19.1. The lowest BCUT2D eigenvalue weighted by atomic mass is 10.1. The smallest absolute Gasteiger partial charge is 0.317 e. The van der Waals surface area contributed by atoms with Crippen molar-refractivity contribution in [2.75, 3.05) is 27.2 Å². The van der Waals surface area contributed by atoms with Crippen molar-refractivity contribution in [3.05, 3.63) is 84.2 Å². The molecular formula is C25H26FNO5. The molecule has 1 N–H and O–H groups in total. The highest BCUT2D eigenvalue weighted by Gasteiger charge is 2.16. The topological polar surface area (TPSA) is 68.2 Å². The molecule has 3 aromatic rings. The van der Waals surface area contributed by atoms with Gasteiger partial charge in [0, 0.05) is 19.0 Å². The minimum atomic E-state index is -0.890. The predicted octanol–water partition coefficient (Wildman–Crippen LogP) is 5.15. The van der Waals surface area contributed by atoms with Crippen LogP contribution < -0.4 is 14.2 Å². The molecule has 7 heteroatoms. The molecule has 0 aliphatic rings. The summed E-state index contributed by atoms with van der Waals surface area (Å²) in [4.78, 5) is 12.6. The third-order valence-electron chi connectivity index (χ3n) is 4.80. The van der Waals surface area contributed by atoms with E-state index >= 15 is 0 Å². The molecule has 0 bridgehead atoms. The van der Waals surface area contributed by atoms with Crippen LogP contribution in [-0.4, -0.2) is 43.2 Å². The Morgan fingerprint density at radius 3 is 2.28 bits per heavy atom. The second-order valence-electron chi connectivity index (χ2n) is 7.33. The van der Waals surface area contributed by atoms with Crippen molar-refractivity contribution in [2.24, 2.45) is 0 Å². The zero-order valence-electron chi connectivity index (χ0n) is 18.0. The summed E-state index contributed by atoms with van der Waals surface area (Å²) < 4.78 is 30.6. The summed E-state index contributed by atoms with van der Waals surface area (Å²) >= 11 is 0. The zero-order valence-corrected chi connectivity index (χ0v) is 18.0. The third kappa shape index (κ3) is 6.99. The van der Waals surface area contributed by atoms with E-state index in [2.05, 4.69) is 0 Å². The number of hydrogen-bond acceptors (Lipinski definition) is 5. The first-order valence-electron chi connectivity index (χ1n) is 10.2. The molecule has 0 fully saturated rings. The number of carboxylic acid groups (broad SMARTS) is 1. The standard InChI is InChI=1S/C25H26FNO5/c1-27(17-25(28)29)15-14-24(18-6-8-19(26)9-7-18)32-21-12-10-20(11-13-21)31-23-5-3-4-22(16-23)30-2/h3-13,16,24H,14-15,17H2,1-2H3,(H,28,29). The number of methoxy groups -OCH3 is 1. The molecule has 0 heterocycles. The second kappa shape index (κ2) is 11.2. The summed E-state index contributed by atoms with van der Waals surface area (Å²) in [5, 5.41) is 8.96. The molecule has 0 aliphatic heterocycles. The van der Waals surface area contributed by atoms with Crippen molar-refractivity contribution >= 4 is 5.97 Å². The first-order chi connectivity index (χ1) is 15.4. The maximum Gasteiger partial charge on any atom is 0.317 e. The molecule has 0 spiro atoms. The van der Waals surface area contributed by atoms with Gasteiger partial charge in [-0.15, -0.1) is 0 Å². The lowest BCUT2D eigenvalue weighted by Gasteiger charge is -2.22. The van der Waals surface area contributed by atoms with Crippen LogP contribution in [0.1, 0.15) is 18.1 Å². The summed E-state index contributed by atoms with van der Waals surface area (Å²) in [5.74, 6) is 1.41. The molecular weight excluding hydrogens is 413 g/mol. The number of nitrogens with zero attached hydrogens (tertiary/aromatic N) is 1. The Kier molecular flexibility index (Phi) is 8.05. The van der Waals surface area contributed by atoms with E-state index in [1.165, 1.54) is 12.1 Å². The Hall–Kier alpha value is -3.58. The molecule has 0 aliphatic carbocycles. The first-order valence-corrected chi connectivity index (χ1v) is 10.2. The van der Waals surface area contributed by atoms with Gasteiger partial charge in [-0.3, -0.25) is 9.69 Å². The van der Waals surface area contributed by atoms with E-state index in [0.717, 1.165) is 5.56 Å². The fourth-order valence-electron chi connectivity index (χ4n) is 3.17. The fourth-order valence-corrected chi connectivity index (χ4v) is 3.17. The lowest BCUT2D eigenvalue weighted by molar-refractivity contribution is -0.138. The van der Waals surface area contributed by atoms with Crippen LogP contribution in [0, 0.1) is 5.82 Å². The van der Waals surface area contributed by atoms with Crippen LogP contribution in [0.15, 0.2) is 72.8 Å². The Labute approximate surface area is 186 Å². The van der Waals surface area contributed by atoms with E-state index in [1.54, 1.807) is 61.5 Å². The molecule has 0 amide bonds. The zero-order chi connectivity index (χ0) is 22.9. The van der Waals surface area contributed by atoms with Crippen LogP contribution in [0.2, 0.25) is 0 Å². The Morgan fingerprint density at radius 1 is 0.969 bits per heavy atom. The van der Waals surface area contributed by atoms with Gasteiger partial charge >= 0.3 is 5.97 Å². The number of likely N-dealkylation sites (N-methyl/N-ethyl adjacent to an activating group) is 1. The van der Waals surface area contributed by atoms with Crippen LogP contribution in [-0.2, 0) is 4.79 Å². The maximum absolute atomic E-state index is 13.4. The number of halogens is 1. The largest absolute Gasteiger partial charge is 0.497 e. The summed E-state index contributed by atoms with van der Waals surface area (Å²) in [6.07, 6.45) is 0.175. The highest BCUT2D eigenvalue weighted by Crippen LogP contribution is 2.29. The minimum absolute atomic E-state index is 0.0631. The number of carboxylic acids is 1. The van der Waals surface area contributed by atoms with Crippen LogP contribution >= 0.6 is 0 Å². The van der Waals surface area contributed by atoms with Gasteiger partial charge in [-0.2, -0.15) is 0 Å². The average Bonchev–Trinajstić information content (AvgIpc) is 2.78. The SMILES string of the molecule is COc1cccc(Oc2ccc(OC(CCN(C)CC(=O)O)c3ccc(F)cc3)cc2)c1. The summed E-state index contributed by atoms with van der Waals surface area (Å²) in [6, 6.07) is 20.6. The fraction of sp³-hybridized carbons (Fsp3) is 0.240. The number of hydrogen-bond donors (Lipinski definition) is 1. The van der Waals surface area contributed by atoms with E-state index in [4.69, 9.17) is 19.3 Å². The average molecular weight is 439 g/mol. The van der Waals surface area contributed by atoms with E-state index < -0.39 is 5.97 Å². The van der Waals surface area contributed by atoms with Gasteiger partial charge in [0.05, 0.1) is 13.7 Å². The normalized spacial score (nSPS) is 11.8. The molecule has 0 saturated carbocycles. The Morgan fingerprint density at radius 2 is 1.62 bits per heavy atom. The molecule has 0 aromatic heterocycles. The van der Waals surface area contributed by atoms with Gasteiger partial charge in [0.1, 0.15) is 34.9 Å². The Bertz CT molecular complexity index is 1010. The van der Waals surface area contributed by atoms with Crippen molar-refractivity contribution < 1.29 is 28.5 Å². The van der Waals surface area contributed by atoms with Crippen LogP contribution in [0.4, 0.5) is 4.39 Å². The molecule has 3 aromatic carbocycles. The molecule has 1 unspecified atom stereocenters. The molecule has 1 atom stereocenters.